The topological polar surface area (TPSA) is 114 Å². The molecular formula is C14H18N4O2. The molecule has 6 nitrogen and oxygen atoms in total. The summed E-state index contributed by atoms with van der Waals surface area (Å²) in [7, 11) is 0. The Morgan fingerprint density at radius 1 is 1.30 bits per heavy atom. The molecule has 0 fully saturated rings. The van der Waals surface area contributed by atoms with Crippen molar-refractivity contribution in [3.63, 3.8) is 0 Å². The summed E-state index contributed by atoms with van der Waals surface area (Å²) in [5.41, 5.74) is 13.2. The predicted molar refractivity (Wildman–Crippen MR) is 77.2 cm³/mol. The highest BCUT2D eigenvalue weighted by atomic mass is 16.2. The molecule has 2 amide bonds. The Labute approximate surface area is 116 Å². The van der Waals surface area contributed by atoms with E-state index in [1.165, 1.54) is 0 Å². The second kappa shape index (κ2) is 6.21. The van der Waals surface area contributed by atoms with Gasteiger partial charge < -0.3 is 21.8 Å². The van der Waals surface area contributed by atoms with Gasteiger partial charge >= 0.3 is 0 Å². The van der Waals surface area contributed by atoms with Crippen LogP contribution in [0.15, 0.2) is 24.4 Å². The minimum absolute atomic E-state index is 0.135. The number of carbonyl (C=O) groups excluding carboxylic acids is 2. The average Bonchev–Trinajstić information content (AvgIpc) is 2.81. The van der Waals surface area contributed by atoms with Crippen molar-refractivity contribution >= 4 is 22.7 Å². The number of nitrogens with two attached hydrogens (primary N) is 2. The van der Waals surface area contributed by atoms with E-state index in [0.717, 1.165) is 22.9 Å². The summed E-state index contributed by atoms with van der Waals surface area (Å²) < 4.78 is 0. The number of H-pyrrole nitrogens is 1. The van der Waals surface area contributed by atoms with Crippen LogP contribution >= 0.6 is 0 Å². The molecule has 0 saturated carbocycles. The first-order chi connectivity index (χ1) is 9.61. The summed E-state index contributed by atoms with van der Waals surface area (Å²) in [5, 5.41) is 3.66. The Kier molecular flexibility index (Phi) is 4.37. The van der Waals surface area contributed by atoms with E-state index in [4.69, 9.17) is 11.5 Å². The summed E-state index contributed by atoms with van der Waals surface area (Å²) in [6.45, 7) is 0.803. The van der Waals surface area contributed by atoms with E-state index in [9.17, 15) is 9.59 Å². The average molecular weight is 274 g/mol. The number of nitrogens with one attached hydrogen (secondary N) is 2. The molecule has 0 spiro atoms. The van der Waals surface area contributed by atoms with Crippen LogP contribution in [0.4, 0.5) is 0 Å². The number of primary amides is 1. The standard InChI is InChI=1S/C14H18N4O2/c15-5-3-10-8-18-12-2-1-9(7-11(10)12)14(20)17-6-4-13(16)19/h1-2,7-8,18H,3-6,15H2,(H2,16,19)(H,17,20). The predicted octanol–water partition coefficient (Wildman–Crippen LogP) is 0.274. The van der Waals surface area contributed by atoms with Crippen LogP contribution in [0.25, 0.3) is 10.9 Å². The van der Waals surface area contributed by atoms with Gasteiger partial charge in [-0.15, -0.1) is 0 Å². The molecule has 1 heterocycles. The summed E-state index contributed by atoms with van der Waals surface area (Å²) in [4.78, 5) is 25.7. The van der Waals surface area contributed by atoms with Crippen LogP contribution in [0.5, 0.6) is 0 Å². The molecule has 0 bridgehead atoms. The molecular weight excluding hydrogens is 256 g/mol. The lowest BCUT2D eigenvalue weighted by atomic mass is 10.1. The first-order valence-electron chi connectivity index (χ1n) is 6.48. The molecule has 0 aliphatic rings. The second-order valence-corrected chi connectivity index (χ2v) is 4.59. The molecule has 106 valence electrons. The number of carbonyl (C=O) groups is 2. The molecule has 0 unspecified atom stereocenters. The highest BCUT2D eigenvalue weighted by Crippen LogP contribution is 2.20. The normalized spacial score (nSPS) is 10.7. The molecule has 1 aromatic carbocycles. The van der Waals surface area contributed by atoms with Crippen molar-refractivity contribution in [3.8, 4) is 0 Å². The molecule has 0 atom stereocenters. The van der Waals surface area contributed by atoms with Crippen molar-refractivity contribution in [2.24, 2.45) is 11.5 Å². The molecule has 20 heavy (non-hydrogen) atoms. The van der Waals surface area contributed by atoms with Gasteiger partial charge in [-0.3, -0.25) is 9.59 Å². The lowest BCUT2D eigenvalue weighted by Crippen LogP contribution is -2.27. The zero-order valence-corrected chi connectivity index (χ0v) is 11.1. The SMILES string of the molecule is NCCc1c[nH]c2ccc(C(=O)NCCC(N)=O)cc12. The molecule has 1 aromatic heterocycles. The molecule has 6 heteroatoms. The van der Waals surface area contributed by atoms with Gasteiger partial charge in [0, 0.05) is 35.6 Å². The van der Waals surface area contributed by atoms with Gasteiger partial charge in [-0.1, -0.05) is 0 Å². The van der Waals surface area contributed by atoms with Gasteiger partial charge in [-0.2, -0.15) is 0 Å². The third-order valence-electron chi connectivity index (χ3n) is 3.10. The molecule has 0 radical (unpaired) electrons. The summed E-state index contributed by atoms with van der Waals surface area (Å²) >= 11 is 0. The molecule has 0 saturated heterocycles. The lowest BCUT2D eigenvalue weighted by Gasteiger charge is -2.04. The Morgan fingerprint density at radius 3 is 2.80 bits per heavy atom. The maximum Gasteiger partial charge on any atom is 0.251 e. The highest BCUT2D eigenvalue weighted by Gasteiger charge is 2.09. The monoisotopic (exact) mass is 274 g/mol. The van der Waals surface area contributed by atoms with Crippen LogP contribution in [0.1, 0.15) is 22.3 Å². The number of fused-ring (bicyclic) bond motifs is 1. The molecule has 0 aliphatic heterocycles. The quantitative estimate of drug-likeness (QED) is 0.606. The van der Waals surface area contributed by atoms with Crippen molar-refractivity contribution in [2.45, 2.75) is 12.8 Å². The molecule has 2 rings (SSSR count). The molecule has 0 aliphatic carbocycles. The van der Waals surface area contributed by atoms with Gasteiger partial charge in [0.15, 0.2) is 0 Å². The number of hydrogen-bond donors (Lipinski definition) is 4. The highest BCUT2D eigenvalue weighted by molar-refractivity contribution is 5.98. The van der Waals surface area contributed by atoms with Crippen molar-refractivity contribution in [2.75, 3.05) is 13.1 Å². The minimum atomic E-state index is -0.434. The molecule has 2 aromatic rings. The summed E-state index contributed by atoms with van der Waals surface area (Å²) in [6, 6.07) is 5.43. The van der Waals surface area contributed by atoms with E-state index in [0.29, 0.717) is 12.1 Å². The zero-order chi connectivity index (χ0) is 14.5. The first-order valence-corrected chi connectivity index (χ1v) is 6.48. The Balaban J connectivity index is 2.15. The zero-order valence-electron chi connectivity index (χ0n) is 11.1. The first kappa shape index (κ1) is 14.1. The van der Waals surface area contributed by atoms with E-state index in [-0.39, 0.29) is 18.9 Å². The maximum atomic E-state index is 12.0. The Bertz CT molecular complexity index is 633. The van der Waals surface area contributed by atoms with Crippen LogP contribution in [-0.4, -0.2) is 29.9 Å². The fourth-order valence-electron chi connectivity index (χ4n) is 2.08. The van der Waals surface area contributed by atoms with Gasteiger partial charge in [0.1, 0.15) is 0 Å². The number of benzene rings is 1. The van der Waals surface area contributed by atoms with Crippen molar-refractivity contribution in [3.05, 3.63) is 35.5 Å². The molecule has 6 N–H and O–H groups in total. The van der Waals surface area contributed by atoms with Crippen LogP contribution in [0.2, 0.25) is 0 Å². The van der Waals surface area contributed by atoms with E-state index in [2.05, 4.69) is 10.3 Å². The van der Waals surface area contributed by atoms with Crippen LogP contribution in [-0.2, 0) is 11.2 Å². The number of hydrogen-bond acceptors (Lipinski definition) is 3. The summed E-state index contributed by atoms with van der Waals surface area (Å²) in [6.07, 6.45) is 2.80. The number of rotatable bonds is 6. The fraction of sp³-hybridized carbons (Fsp3) is 0.286. The van der Waals surface area contributed by atoms with Gasteiger partial charge in [0.2, 0.25) is 5.91 Å². The van der Waals surface area contributed by atoms with E-state index >= 15 is 0 Å². The van der Waals surface area contributed by atoms with Gasteiger partial charge in [-0.05, 0) is 36.7 Å². The maximum absolute atomic E-state index is 12.0. The van der Waals surface area contributed by atoms with Crippen LogP contribution < -0.4 is 16.8 Å². The fourth-order valence-corrected chi connectivity index (χ4v) is 2.08. The van der Waals surface area contributed by atoms with E-state index < -0.39 is 5.91 Å². The smallest absolute Gasteiger partial charge is 0.251 e. The summed E-state index contributed by atoms with van der Waals surface area (Å²) in [5.74, 6) is -0.648. The number of aromatic amines is 1. The third kappa shape index (κ3) is 3.16. The lowest BCUT2D eigenvalue weighted by molar-refractivity contribution is -0.117. The van der Waals surface area contributed by atoms with Crippen LogP contribution in [0, 0.1) is 0 Å². The van der Waals surface area contributed by atoms with Gasteiger partial charge in [-0.25, -0.2) is 0 Å². The number of amides is 2. The van der Waals surface area contributed by atoms with Crippen molar-refractivity contribution in [1.82, 2.24) is 10.3 Å². The minimum Gasteiger partial charge on any atom is -0.370 e. The number of aromatic nitrogens is 1. The van der Waals surface area contributed by atoms with Gasteiger partial charge in [0.05, 0.1) is 0 Å². The Morgan fingerprint density at radius 2 is 2.10 bits per heavy atom. The van der Waals surface area contributed by atoms with Crippen molar-refractivity contribution in [1.29, 1.82) is 0 Å². The second-order valence-electron chi connectivity index (χ2n) is 4.59. The third-order valence-corrected chi connectivity index (χ3v) is 3.10. The van der Waals surface area contributed by atoms with E-state index in [1.807, 2.05) is 18.3 Å². The van der Waals surface area contributed by atoms with Crippen molar-refractivity contribution < 1.29 is 9.59 Å². The van der Waals surface area contributed by atoms with Gasteiger partial charge in [0.25, 0.3) is 5.91 Å². The van der Waals surface area contributed by atoms with Crippen LogP contribution in [0.3, 0.4) is 0 Å². The Hall–Kier alpha value is -2.34. The largest absolute Gasteiger partial charge is 0.370 e. The van der Waals surface area contributed by atoms with E-state index in [1.54, 1.807) is 6.07 Å².